The van der Waals surface area contributed by atoms with Crippen molar-refractivity contribution in [3.63, 3.8) is 0 Å². The van der Waals surface area contributed by atoms with E-state index < -0.39 is 5.91 Å². The van der Waals surface area contributed by atoms with Crippen LogP contribution in [0.2, 0.25) is 0 Å². The molecule has 0 unspecified atom stereocenters. The van der Waals surface area contributed by atoms with Gasteiger partial charge in [0.15, 0.2) is 0 Å². The monoisotopic (exact) mass is 272 g/mol. The second-order valence-electron chi connectivity index (χ2n) is 3.39. The zero-order chi connectivity index (χ0) is 11.4. The largest absolute Gasteiger partial charge is 0.368 e. The summed E-state index contributed by atoms with van der Waals surface area (Å²) in [6.07, 6.45) is 3.28. The van der Waals surface area contributed by atoms with Crippen LogP contribution >= 0.6 is 15.9 Å². The summed E-state index contributed by atoms with van der Waals surface area (Å²) >= 11 is 3.25. The number of hydrogen-bond donors (Lipinski definition) is 1. The van der Waals surface area contributed by atoms with Gasteiger partial charge < -0.3 is 10.6 Å². The fraction of sp³-hybridized carbons (Fsp3) is 0.444. The molecule has 6 heteroatoms. The number of amides is 1. The Morgan fingerprint density at radius 3 is 2.47 bits per heavy atom. The standard InChI is InChI=1S/C9H13BrN4O/c1-6(2)14(5-8(11)15)9-12-3-7(10)4-13-9/h3-4,6H,5H2,1-2H3,(H2,11,15). The van der Waals surface area contributed by atoms with E-state index in [1.54, 1.807) is 17.3 Å². The van der Waals surface area contributed by atoms with Gasteiger partial charge in [-0.15, -0.1) is 0 Å². The zero-order valence-electron chi connectivity index (χ0n) is 8.64. The minimum atomic E-state index is -0.393. The van der Waals surface area contributed by atoms with Gasteiger partial charge in [0.05, 0.1) is 11.0 Å². The van der Waals surface area contributed by atoms with E-state index in [1.807, 2.05) is 13.8 Å². The summed E-state index contributed by atoms with van der Waals surface area (Å²) in [6, 6.07) is 0.124. The molecular weight excluding hydrogens is 260 g/mol. The molecule has 2 N–H and O–H groups in total. The smallest absolute Gasteiger partial charge is 0.237 e. The lowest BCUT2D eigenvalue weighted by molar-refractivity contribution is -0.116. The van der Waals surface area contributed by atoms with Crippen molar-refractivity contribution >= 4 is 27.8 Å². The molecule has 1 aromatic rings. The number of nitrogens with two attached hydrogens (primary N) is 1. The molecule has 0 spiro atoms. The van der Waals surface area contributed by atoms with E-state index in [4.69, 9.17) is 5.73 Å². The van der Waals surface area contributed by atoms with Gasteiger partial charge in [-0.1, -0.05) is 0 Å². The van der Waals surface area contributed by atoms with Crippen molar-refractivity contribution in [3.8, 4) is 0 Å². The highest BCUT2D eigenvalue weighted by atomic mass is 79.9. The van der Waals surface area contributed by atoms with Gasteiger partial charge in [-0.05, 0) is 29.8 Å². The number of rotatable bonds is 4. The second kappa shape index (κ2) is 5.06. The lowest BCUT2D eigenvalue weighted by Gasteiger charge is -2.24. The first-order valence-electron chi connectivity index (χ1n) is 4.53. The van der Waals surface area contributed by atoms with Gasteiger partial charge in [0.25, 0.3) is 0 Å². The number of carbonyl (C=O) groups is 1. The van der Waals surface area contributed by atoms with Gasteiger partial charge in [0.1, 0.15) is 0 Å². The highest BCUT2D eigenvalue weighted by Crippen LogP contribution is 2.12. The molecule has 0 bridgehead atoms. The van der Waals surface area contributed by atoms with Crippen LogP contribution in [0.1, 0.15) is 13.8 Å². The third kappa shape index (κ3) is 3.47. The molecule has 1 heterocycles. The highest BCUT2D eigenvalue weighted by Gasteiger charge is 2.15. The molecule has 1 rings (SSSR count). The minimum Gasteiger partial charge on any atom is -0.368 e. The average molecular weight is 273 g/mol. The van der Waals surface area contributed by atoms with Crippen LogP contribution in [0.5, 0.6) is 0 Å². The summed E-state index contributed by atoms with van der Waals surface area (Å²) in [5.41, 5.74) is 5.15. The molecular formula is C9H13BrN4O. The first kappa shape index (κ1) is 11.9. The number of anilines is 1. The molecule has 5 nitrogen and oxygen atoms in total. The van der Waals surface area contributed by atoms with Crippen LogP contribution in [-0.4, -0.2) is 28.5 Å². The molecule has 0 aliphatic heterocycles. The van der Waals surface area contributed by atoms with Crippen molar-refractivity contribution in [2.24, 2.45) is 5.73 Å². The van der Waals surface area contributed by atoms with Crippen molar-refractivity contribution in [2.75, 3.05) is 11.4 Å². The van der Waals surface area contributed by atoms with Crippen LogP contribution in [0.3, 0.4) is 0 Å². The normalized spacial score (nSPS) is 10.4. The number of primary amides is 1. The predicted octanol–water partition coefficient (Wildman–Crippen LogP) is 0.939. The Morgan fingerprint density at radius 1 is 1.53 bits per heavy atom. The minimum absolute atomic E-state index is 0.124. The van der Waals surface area contributed by atoms with E-state index in [-0.39, 0.29) is 12.6 Å². The first-order valence-corrected chi connectivity index (χ1v) is 5.32. The molecule has 0 aliphatic rings. The van der Waals surface area contributed by atoms with Crippen LogP contribution in [0.25, 0.3) is 0 Å². The molecule has 0 atom stereocenters. The van der Waals surface area contributed by atoms with Gasteiger partial charge in [-0.2, -0.15) is 0 Å². The van der Waals surface area contributed by atoms with Crippen molar-refractivity contribution in [3.05, 3.63) is 16.9 Å². The van der Waals surface area contributed by atoms with Crippen molar-refractivity contribution in [2.45, 2.75) is 19.9 Å². The van der Waals surface area contributed by atoms with Crippen LogP contribution in [0.4, 0.5) is 5.95 Å². The van der Waals surface area contributed by atoms with Crippen LogP contribution < -0.4 is 10.6 Å². The Balaban J connectivity index is 2.88. The molecule has 0 aliphatic carbocycles. The Morgan fingerprint density at radius 2 is 2.07 bits per heavy atom. The number of aromatic nitrogens is 2. The van der Waals surface area contributed by atoms with Gasteiger partial charge in [-0.3, -0.25) is 4.79 Å². The number of halogens is 1. The molecule has 1 aromatic heterocycles. The second-order valence-corrected chi connectivity index (χ2v) is 4.30. The van der Waals surface area contributed by atoms with Crippen molar-refractivity contribution < 1.29 is 4.79 Å². The SMILES string of the molecule is CC(C)N(CC(N)=O)c1ncc(Br)cn1. The van der Waals surface area contributed by atoms with E-state index >= 15 is 0 Å². The van der Waals surface area contributed by atoms with E-state index in [1.165, 1.54) is 0 Å². The predicted molar refractivity (Wildman–Crippen MR) is 61.4 cm³/mol. The Kier molecular flexibility index (Phi) is 4.02. The Hall–Kier alpha value is -1.17. The molecule has 82 valence electrons. The molecule has 0 fully saturated rings. The van der Waals surface area contributed by atoms with Gasteiger partial charge in [0, 0.05) is 18.4 Å². The zero-order valence-corrected chi connectivity index (χ0v) is 10.2. The molecule has 0 saturated carbocycles. The lowest BCUT2D eigenvalue weighted by Crippen LogP contribution is -2.39. The maximum Gasteiger partial charge on any atom is 0.237 e. The summed E-state index contributed by atoms with van der Waals surface area (Å²) in [4.78, 5) is 20.8. The van der Waals surface area contributed by atoms with Crippen molar-refractivity contribution in [1.82, 2.24) is 9.97 Å². The fourth-order valence-electron chi connectivity index (χ4n) is 1.11. The third-order valence-electron chi connectivity index (χ3n) is 1.81. The van der Waals surface area contributed by atoms with Gasteiger partial charge >= 0.3 is 0 Å². The van der Waals surface area contributed by atoms with Gasteiger partial charge in [-0.25, -0.2) is 9.97 Å². The fourth-order valence-corrected chi connectivity index (χ4v) is 1.31. The topological polar surface area (TPSA) is 72.1 Å². The molecule has 0 saturated heterocycles. The lowest BCUT2D eigenvalue weighted by atomic mass is 10.3. The summed E-state index contributed by atoms with van der Waals surface area (Å²) in [5.74, 6) is 0.113. The summed E-state index contributed by atoms with van der Waals surface area (Å²) in [5, 5.41) is 0. The van der Waals surface area contributed by atoms with E-state index in [0.29, 0.717) is 5.95 Å². The van der Waals surface area contributed by atoms with Crippen LogP contribution in [-0.2, 0) is 4.79 Å². The number of nitrogens with zero attached hydrogens (tertiary/aromatic N) is 3. The summed E-state index contributed by atoms with van der Waals surface area (Å²) in [6.45, 7) is 4.03. The maximum atomic E-state index is 10.9. The Bertz CT molecular complexity index is 338. The van der Waals surface area contributed by atoms with Gasteiger partial charge in [0.2, 0.25) is 11.9 Å². The Labute approximate surface area is 96.8 Å². The average Bonchev–Trinajstić information content (AvgIpc) is 2.15. The summed E-state index contributed by atoms with van der Waals surface area (Å²) in [7, 11) is 0. The number of carbonyl (C=O) groups excluding carboxylic acids is 1. The van der Waals surface area contributed by atoms with E-state index in [2.05, 4.69) is 25.9 Å². The molecule has 0 aromatic carbocycles. The van der Waals surface area contributed by atoms with Crippen LogP contribution in [0.15, 0.2) is 16.9 Å². The maximum absolute atomic E-state index is 10.9. The quantitative estimate of drug-likeness (QED) is 0.886. The molecule has 15 heavy (non-hydrogen) atoms. The van der Waals surface area contributed by atoms with Crippen LogP contribution in [0, 0.1) is 0 Å². The highest BCUT2D eigenvalue weighted by molar-refractivity contribution is 9.10. The van der Waals surface area contributed by atoms with E-state index in [9.17, 15) is 4.79 Å². The summed E-state index contributed by atoms with van der Waals surface area (Å²) < 4.78 is 0.800. The van der Waals surface area contributed by atoms with Crippen molar-refractivity contribution in [1.29, 1.82) is 0 Å². The molecule has 0 radical (unpaired) electrons. The van der Waals surface area contributed by atoms with E-state index in [0.717, 1.165) is 4.47 Å². The third-order valence-corrected chi connectivity index (χ3v) is 2.22. The number of hydrogen-bond acceptors (Lipinski definition) is 4. The first-order chi connectivity index (χ1) is 7.00. The molecule has 1 amide bonds.